The van der Waals surface area contributed by atoms with Crippen LogP contribution in [0.1, 0.15) is 16.8 Å². The van der Waals surface area contributed by atoms with E-state index in [1.165, 1.54) is 18.3 Å². The van der Waals surface area contributed by atoms with E-state index in [-0.39, 0.29) is 22.9 Å². The number of halogens is 4. The van der Waals surface area contributed by atoms with Crippen molar-refractivity contribution in [2.75, 3.05) is 5.32 Å². The van der Waals surface area contributed by atoms with Crippen molar-refractivity contribution in [3.05, 3.63) is 58.4 Å². The summed E-state index contributed by atoms with van der Waals surface area (Å²) in [6.45, 7) is 0.0174. The highest BCUT2D eigenvalue weighted by Crippen LogP contribution is 2.38. The van der Waals surface area contributed by atoms with Gasteiger partial charge in [0.1, 0.15) is 11.8 Å². The molecule has 0 aliphatic rings. The fourth-order valence-electron chi connectivity index (χ4n) is 1.81. The molecule has 2 aromatic rings. The summed E-state index contributed by atoms with van der Waals surface area (Å²) < 4.78 is 38.8. The van der Waals surface area contributed by atoms with Crippen molar-refractivity contribution in [2.24, 2.45) is 0 Å². The van der Waals surface area contributed by atoms with Gasteiger partial charge in [-0.3, -0.25) is 0 Å². The van der Waals surface area contributed by atoms with E-state index in [4.69, 9.17) is 16.9 Å². The van der Waals surface area contributed by atoms with Gasteiger partial charge in [-0.1, -0.05) is 23.7 Å². The summed E-state index contributed by atoms with van der Waals surface area (Å²) >= 11 is 5.83. The predicted molar refractivity (Wildman–Crippen MR) is 72.7 cm³/mol. The number of rotatable bonds is 3. The lowest BCUT2D eigenvalue weighted by Gasteiger charge is -2.16. The SMILES string of the molecule is N#Cc1ncccc1CNc1c(Cl)cccc1C(F)(F)F. The highest BCUT2D eigenvalue weighted by molar-refractivity contribution is 6.33. The maximum Gasteiger partial charge on any atom is 0.418 e. The van der Waals surface area contributed by atoms with Crippen LogP contribution in [0.3, 0.4) is 0 Å². The lowest BCUT2D eigenvalue weighted by molar-refractivity contribution is -0.136. The first kappa shape index (κ1) is 15.1. The second kappa shape index (κ2) is 6.02. The molecular formula is C14H9ClF3N3. The molecule has 0 aliphatic heterocycles. The number of hydrogen-bond donors (Lipinski definition) is 1. The molecule has 3 nitrogen and oxygen atoms in total. The molecular weight excluding hydrogens is 303 g/mol. The minimum atomic E-state index is -4.51. The smallest absolute Gasteiger partial charge is 0.379 e. The van der Waals surface area contributed by atoms with Crippen LogP contribution >= 0.6 is 11.6 Å². The van der Waals surface area contributed by atoms with Crippen LogP contribution in [0.25, 0.3) is 0 Å². The van der Waals surface area contributed by atoms with Crippen molar-refractivity contribution in [3.63, 3.8) is 0 Å². The van der Waals surface area contributed by atoms with Crippen molar-refractivity contribution >= 4 is 17.3 Å². The fourth-order valence-corrected chi connectivity index (χ4v) is 2.05. The average Bonchev–Trinajstić information content (AvgIpc) is 2.45. The second-order valence-corrected chi connectivity index (χ2v) is 4.54. The third-order valence-electron chi connectivity index (χ3n) is 2.77. The molecule has 0 radical (unpaired) electrons. The van der Waals surface area contributed by atoms with Crippen molar-refractivity contribution in [1.29, 1.82) is 5.26 Å². The zero-order valence-corrected chi connectivity index (χ0v) is 11.3. The third kappa shape index (κ3) is 3.44. The van der Waals surface area contributed by atoms with Crippen LogP contribution in [0.4, 0.5) is 18.9 Å². The van der Waals surface area contributed by atoms with Gasteiger partial charge in [0.2, 0.25) is 0 Å². The number of anilines is 1. The summed E-state index contributed by atoms with van der Waals surface area (Å²) in [4.78, 5) is 3.85. The number of pyridine rings is 1. The molecule has 7 heteroatoms. The van der Waals surface area contributed by atoms with Crippen LogP contribution in [-0.4, -0.2) is 4.98 Å². The molecule has 108 valence electrons. The molecule has 0 unspecified atom stereocenters. The Morgan fingerprint density at radius 2 is 2.00 bits per heavy atom. The standard InChI is InChI=1S/C14H9ClF3N3/c15-11-5-1-4-10(14(16,17)18)13(11)21-8-9-3-2-6-20-12(9)7-19/h1-6,21H,8H2. The van der Waals surface area contributed by atoms with Crippen LogP contribution < -0.4 is 5.32 Å². The largest absolute Gasteiger partial charge is 0.418 e. The number of nitriles is 1. The van der Waals surface area contributed by atoms with Crippen LogP contribution in [-0.2, 0) is 12.7 Å². The highest BCUT2D eigenvalue weighted by Gasteiger charge is 2.34. The van der Waals surface area contributed by atoms with Gasteiger partial charge in [0.25, 0.3) is 0 Å². The van der Waals surface area contributed by atoms with E-state index in [1.54, 1.807) is 12.1 Å². The van der Waals surface area contributed by atoms with Gasteiger partial charge in [0.15, 0.2) is 0 Å². The number of hydrogen-bond acceptors (Lipinski definition) is 3. The molecule has 0 fully saturated rings. The first-order valence-electron chi connectivity index (χ1n) is 5.87. The van der Waals surface area contributed by atoms with Crippen LogP contribution in [0.5, 0.6) is 0 Å². The van der Waals surface area contributed by atoms with E-state index in [2.05, 4.69) is 10.3 Å². The Balaban J connectivity index is 2.31. The zero-order chi connectivity index (χ0) is 15.5. The van der Waals surface area contributed by atoms with Crippen LogP contribution in [0, 0.1) is 11.3 Å². The minimum absolute atomic E-state index is 0.0174. The number of para-hydroxylation sites is 1. The van der Waals surface area contributed by atoms with Crippen molar-refractivity contribution in [2.45, 2.75) is 12.7 Å². The number of nitrogens with one attached hydrogen (secondary N) is 1. The first-order valence-corrected chi connectivity index (χ1v) is 6.25. The van der Waals surface area contributed by atoms with Crippen molar-refractivity contribution < 1.29 is 13.2 Å². The number of nitrogens with zero attached hydrogens (tertiary/aromatic N) is 2. The van der Waals surface area contributed by atoms with Gasteiger partial charge in [-0.05, 0) is 18.2 Å². The van der Waals surface area contributed by atoms with E-state index in [1.807, 2.05) is 6.07 Å². The van der Waals surface area contributed by atoms with Crippen LogP contribution in [0.2, 0.25) is 5.02 Å². The Morgan fingerprint density at radius 3 is 2.67 bits per heavy atom. The second-order valence-electron chi connectivity index (χ2n) is 4.14. The average molecular weight is 312 g/mol. The topological polar surface area (TPSA) is 48.7 Å². The molecule has 0 saturated carbocycles. The summed E-state index contributed by atoms with van der Waals surface area (Å²) in [5.41, 5.74) is -0.407. The minimum Gasteiger partial charge on any atom is -0.379 e. The summed E-state index contributed by atoms with van der Waals surface area (Å²) in [6, 6.07) is 8.66. The number of alkyl halides is 3. The van der Waals surface area contributed by atoms with E-state index in [9.17, 15) is 13.2 Å². The normalized spacial score (nSPS) is 11.0. The molecule has 0 atom stereocenters. The van der Waals surface area contributed by atoms with Gasteiger partial charge in [0, 0.05) is 18.3 Å². The quantitative estimate of drug-likeness (QED) is 0.922. The van der Waals surface area contributed by atoms with Gasteiger partial charge < -0.3 is 5.32 Å². The van der Waals surface area contributed by atoms with Gasteiger partial charge in [-0.2, -0.15) is 18.4 Å². The summed E-state index contributed by atoms with van der Waals surface area (Å²) in [5, 5.41) is 11.5. The summed E-state index contributed by atoms with van der Waals surface area (Å²) in [6.07, 6.45) is -3.07. The maximum absolute atomic E-state index is 12.9. The van der Waals surface area contributed by atoms with E-state index in [0.717, 1.165) is 6.07 Å². The fraction of sp³-hybridized carbons (Fsp3) is 0.143. The molecule has 1 N–H and O–H groups in total. The molecule has 0 bridgehead atoms. The molecule has 1 heterocycles. The van der Waals surface area contributed by atoms with E-state index >= 15 is 0 Å². The molecule has 0 saturated heterocycles. The van der Waals surface area contributed by atoms with Gasteiger partial charge in [-0.25, -0.2) is 4.98 Å². The zero-order valence-electron chi connectivity index (χ0n) is 10.6. The predicted octanol–water partition coefficient (Wildman–Crippen LogP) is 4.24. The lowest BCUT2D eigenvalue weighted by Crippen LogP contribution is -2.12. The van der Waals surface area contributed by atoms with Crippen molar-refractivity contribution in [1.82, 2.24) is 4.98 Å². The Morgan fingerprint density at radius 1 is 1.24 bits per heavy atom. The Kier molecular flexibility index (Phi) is 4.34. The number of benzene rings is 1. The molecule has 2 rings (SSSR count). The van der Waals surface area contributed by atoms with Gasteiger partial charge in [0.05, 0.1) is 16.3 Å². The van der Waals surface area contributed by atoms with Crippen molar-refractivity contribution in [3.8, 4) is 6.07 Å². The lowest BCUT2D eigenvalue weighted by atomic mass is 10.1. The van der Waals surface area contributed by atoms with E-state index < -0.39 is 11.7 Å². The summed E-state index contributed by atoms with van der Waals surface area (Å²) in [5.74, 6) is 0. The summed E-state index contributed by atoms with van der Waals surface area (Å²) in [7, 11) is 0. The maximum atomic E-state index is 12.9. The third-order valence-corrected chi connectivity index (χ3v) is 3.09. The van der Waals surface area contributed by atoms with Gasteiger partial charge >= 0.3 is 6.18 Å². The molecule has 0 aliphatic carbocycles. The molecule has 1 aromatic heterocycles. The number of aromatic nitrogens is 1. The monoisotopic (exact) mass is 311 g/mol. The van der Waals surface area contributed by atoms with E-state index in [0.29, 0.717) is 5.56 Å². The molecule has 1 aromatic carbocycles. The van der Waals surface area contributed by atoms with Gasteiger partial charge in [-0.15, -0.1) is 0 Å². The molecule has 0 spiro atoms. The Bertz CT molecular complexity index is 693. The highest BCUT2D eigenvalue weighted by atomic mass is 35.5. The Labute approximate surface area is 124 Å². The molecule has 21 heavy (non-hydrogen) atoms. The van der Waals surface area contributed by atoms with Crippen LogP contribution in [0.15, 0.2) is 36.5 Å². The molecule has 0 amide bonds. The Hall–Kier alpha value is -2.26. The first-order chi connectivity index (χ1) is 9.93.